The van der Waals surface area contributed by atoms with E-state index in [1.54, 1.807) is 12.1 Å². The van der Waals surface area contributed by atoms with Crippen molar-refractivity contribution in [2.45, 2.75) is 0 Å². The van der Waals surface area contributed by atoms with E-state index >= 15 is 0 Å². The molecule has 7 nitrogen and oxygen atoms in total. The fourth-order valence-corrected chi connectivity index (χ4v) is 1.54. The number of hydrogen-bond donors (Lipinski definition) is 3. The second kappa shape index (κ2) is 4.21. The molecule has 0 atom stereocenters. The molecule has 7 heteroatoms. The van der Waals surface area contributed by atoms with Crippen molar-refractivity contribution in [1.29, 1.82) is 0 Å². The summed E-state index contributed by atoms with van der Waals surface area (Å²) in [5.41, 5.74) is 17.1. The molecule has 0 saturated carbocycles. The third-order valence-corrected chi connectivity index (χ3v) is 2.37. The highest BCUT2D eigenvalue weighted by atomic mass is 16.1. The lowest BCUT2D eigenvalue weighted by molar-refractivity contribution is 0.0990. The molecule has 1 aromatic heterocycles. The Morgan fingerprint density at radius 3 is 2.39 bits per heavy atom. The first-order valence-electron chi connectivity index (χ1n) is 5.04. The van der Waals surface area contributed by atoms with Gasteiger partial charge in [0.1, 0.15) is 5.69 Å². The minimum absolute atomic E-state index is 0.0993. The van der Waals surface area contributed by atoms with Gasteiger partial charge in [-0.25, -0.2) is 4.68 Å². The number of hydrogen-bond acceptors (Lipinski definition) is 4. The van der Waals surface area contributed by atoms with Crippen LogP contribution in [0.4, 0.5) is 5.69 Å². The zero-order valence-corrected chi connectivity index (χ0v) is 9.33. The zero-order chi connectivity index (χ0) is 13.3. The molecule has 1 aromatic carbocycles. The topological polar surface area (TPSA) is 130 Å². The number of anilines is 1. The Morgan fingerprint density at radius 2 is 1.83 bits per heavy atom. The third kappa shape index (κ3) is 2.01. The Kier molecular flexibility index (Phi) is 2.72. The fraction of sp³-hybridized carbons (Fsp3) is 0. The number of aromatic nitrogens is 2. The van der Waals surface area contributed by atoms with Crippen LogP contribution in [0.3, 0.4) is 0 Å². The maximum absolute atomic E-state index is 11.3. The van der Waals surface area contributed by atoms with Crippen molar-refractivity contribution in [3.05, 3.63) is 41.7 Å². The predicted octanol–water partition coefficient (Wildman–Crippen LogP) is -0.348. The first-order valence-corrected chi connectivity index (χ1v) is 5.04. The van der Waals surface area contributed by atoms with Gasteiger partial charge in [-0.05, 0) is 24.3 Å². The summed E-state index contributed by atoms with van der Waals surface area (Å²) in [7, 11) is 0. The maximum Gasteiger partial charge on any atom is 0.269 e. The van der Waals surface area contributed by atoms with Crippen LogP contribution in [0, 0.1) is 0 Å². The van der Waals surface area contributed by atoms with Crippen LogP contribution in [0.5, 0.6) is 0 Å². The third-order valence-electron chi connectivity index (χ3n) is 2.37. The van der Waals surface area contributed by atoms with Crippen LogP contribution in [-0.4, -0.2) is 21.6 Å². The van der Waals surface area contributed by atoms with Gasteiger partial charge in [-0.3, -0.25) is 9.59 Å². The average Bonchev–Trinajstić information content (AvgIpc) is 2.78. The summed E-state index contributed by atoms with van der Waals surface area (Å²) in [5, 5.41) is 3.95. The van der Waals surface area contributed by atoms with E-state index in [4.69, 9.17) is 17.2 Å². The van der Waals surface area contributed by atoms with Crippen molar-refractivity contribution in [2.24, 2.45) is 11.5 Å². The van der Waals surface area contributed by atoms with Crippen LogP contribution in [0.2, 0.25) is 0 Å². The van der Waals surface area contributed by atoms with E-state index < -0.39 is 11.8 Å². The molecule has 0 aliphatic heterocycles. The predicted molar refractivity (Wildman–Crippen MR) is 65.0 cm³/mol. The van der Waals surface area contributed by atoms with Gasteiger partial charge >= 0.3 is 0 Å². The van der Waals surface area contributed by atoms with E-state index in [0.717, 1.165) is 0 Å². The summed E-state index contributed by atoms with van der Waals surface area (Å²) >= 11 is 0. The summed E-state index contributed by atoms with van der Waals surface area (Å²) in [6.45, 7) is 0. The minimum Gasteiger partial charge on any atom is -0.399 e. The summed E-state index contributed by atoms with van der Waals surface area (Å²) in [5.74, 6) is -1.28. The molecule has 0 unspecified atom stereocenters. The molecule has 0 aliphatic carbocycles. The maximum atomic E-state index is 11.3. The molecule has 2 amide bonds. The van der Waals surface area contributed by atoms with Gasteiger partial charge in [0.05, 0.1) is 11.3 Å². The Morgan fingerprint density at radius 1 is 1.11 bits per heavy atom. The van der Waals surface area contributed by atoms with Gasteiger partial charge in [0, 0.05) is 11.9 Å². The van der Waals surface area contributed by atoms with Crippen LogP contribution < -0.4 is 17.2 Å². The van der Waals surface area contributed by atoms with Gasteiger partial charge in [-0.1, -0.05) is 0 Å². The normalized spacial score (nSPS) is 10.2. The number of nitrogens with two attached hydrogens (primary N) is 3. The summed E-state index contributed by atoms with van der Waals surface area (Å²) in [4.78, 5) is 22.3. The molecule has 0 bridgehead atoms. The van der Waals surface area contributed by atoms with Crippen LogP contribution in [-0.2, 0) is 0 Å². The second-order valence-corrected chi connectivity index (χ2v) is 3.65. The Balaban J connectivity index is 2.55. The Hall–Kier alpha value is -2.83. The second-order valence-electron chi connectivity index (χ2n) is 3.65. The molecule has 92 valence electrons. The molecular weight excluding hydrogens is 234 g/mol. The van der Waals surface area contributed by atoms with Crippen molar-refractivity contribution >= 4 is 17.5 Å². The molecule has 0 spiro atoms. The molecule has 1 heterocycles. The molecular formula is C11H11N5O2. The van der Waals surface area contributed by atoms with E-state index in [0.29, 0.717) is 11.4 Å². The van der Waals surface area contributed by atoms with Gasteiger partial charge < -0.3 is 17.2 Å². The number of nitrogen functional groups attached to an aromatic ring is 1. The van der Waals surface area contributed by atoms with Crippen molar-refractivity contribution < 1.29 is 9.59 Å². The molecule has 0 fully saturated rings. The van der Waals surface area contributed by atoms with Gasteiger partial charge in [0.15, 0.2) is 0 Å². The lowest BCUT2D eigenvalue weighted by atomic mass is 10.1. The van der Waals surface area contributed by atoms with Gasteiger partial charge in [-0.2, -0.15) is 5.10 Å². The lowest BCUT2D eigenvalue weighted by Gasteiger charge is -2.07. The summed E-state index contributed by atoms with van der Waals surface area (Å²) < 4.78 is 1.35. The number of carbonyl (C=O) groups excluding carboxylic acids is 2. The fourth-order valence-electron chi connectivity index (χ4n) is 1.54. The van der Waals surface area contributed by atoms with Crippen molar-refractivity contribution in [3.8, 4) is 5.69 Å². The quantitative estimate of drug-likeness (QED) is 0.638. The number of amides is 2. The number of primary amides is 2. The van der Waals surface area contributed by atoms with Crippen LogP contribution >= 0.6 is 0 Å². The molecule has 2 rings (SSSR count). The van der Waals surface area contributed by atoms with E-state index in [-0.39, 0.29) is 11.3 Å². The molecule has 0 saturated heterocycles. The molecule has 2 aromatic rings. The van der Waals surface area contributed by atoms with E-state index in [1.165, 1.54) is 23.0 Å². The monoisotopic (exact) mass is 245 g/mol. The molecule has 0 aliphatic rings. The SMILES string of the molecule is NC(=O)c1ccn(-c2ccc(N)cc2C(N)=O)n1. The van der Waals surface area contributed by atoms with E-state index in [9.17, 15) is 9.59 Å². The largest absolute Gasteiger partial charge is 0.399 e. The highest BCUT2D eigenvalue weighted by Crippen LogP contribution is 2.17. The molecule has 6 N–H and O–H groups in total. The number of carbonyl (C=O) groups is 2. The number of benzene rings is 1. The van der Waals surface area contributed by atoms with Crippen molar-refractivity contribution in [1.82, 2.24) is 9.78 Å². The van der Waals surface area contributed by atoms with E-state index in [1.807, 2.05) is 0 Å². The molecule has 18 heavy (non-hydrogen) atoms. The van der Waals surface area contributed by atoms with Gasteiger partial charge in [0.2, 0.25) is 0 Å². The summed E-state index contributed by atoms with van der Waals surface area (Å²) in [6.07, 6.45) is 1.51. The van der Waals surface area contributed by atoms with Crippen molar-refractivity contribution in [2.75, 3.05) is 5.73 Å². The number of nitrogens with zero attached hydrogens (tertiary/aromatic N) is 2. The first kappa shape index (κ1) is 11.6. The van der Waals surface area contributed by atoms with Gasteiger partial charge in [-0.15, -0.1) is 0 Å². The zero-order valence-electron chi connectivity index (χ0n) is 9.33. The van der Waals surface area contributed by atoms with Crippen LogP contribution in [0.1, 0.15) is 20.8 Å². The van der Waals surface area contributed by atoms with Crippen molar-refractivity contribution in [3.63, 3.8) is 0 Å². The first-order chi connectivity index (χ1) is 8.49. The van der Waals surface area contributed by atoms with E-state index in [2.05, 4.69) is 5.10 Å². The minimum atomic E-state index is -0.648. The Labute approximate surface area is 102 Å². The Bertz CT molecular complexity index is 632. The lowest BCUT2D eigenvalue weighted by Crippen LogP contribution is -2.16. The van der Waals surface area contributed by atoms with Crippen LogP contribution in [0.25, 0.3) is 5.69 Å². The smallest absolute Gasteiger partial charge is 0.269 e. The average molecular weight is 245 g/mol. The highest BCUT2D eigenvalue weighted by Gasteiger charge is 2.12. The molecule has 0 radical (unpaired) electrons. The standard InChI is InChI=1S/C11H11N5O2/c12-6-1-2-9(7(5-6)10(13)17)16-4-3-8(15-16)11(14)18/h1-5H,12H2,(H2,13,17)(H2,14,18). The highest BCUT2D eigenvalue weighted by molar-refractivity contribution is 5.97. The van der Waals surface area contributed by atoms with Gasteiger partial charge in [0.25, 0.3) is 11.8 Å². The summed E-state index contributed by atoms with van der Waals surface area (Å²) in [6, 6.07) is 6.09. The number of rotatable bonds is 3. The van der Waals surface area contributed by atoms with Crippen LogP contribution in [0.15, 0.2) is 30.5 Å².